The van der Waals surface area contributed by atoms with Gasteiger partial charge in [0.15, 0.2) is 5.13 Å². The molecule has 0 aliphatic carbocycles. The van der Waals surface area contributed by atoms with Crippen LogP contribution in [-0.2, 0) is 11.2 Å². The van der Waals surface area contributed by atoms with Gasteiger partial charge in [0, 0.05) is 23.3 Å². The molecule has 5 aromatic rings. The molecular formula is C23H16N4OS. The Labute approximate surface area is 171 Å². The zero-order valence-corrected chi connectivity index (χ0v) is 16.2. The molecule has 0 spiro atoms. The van der Waals surface area contributed by atoms with Crippen LogP contribution in [0.2, 0.25) is 0 Å². The van der Waals surface area contributed by atoms with Gasteiger partial charge in [-0.3, -0.25) is 9.78 Å². The van der Waals surface area contributed by atoms with E-state index in [0.29, 0.717) is 5.13 Å². The van der Waals surface area contributed by atoms with Crippen molar-refractivity contribution in [1.29, 1.82) is 0 Å². The molecule has 1 amide bonds. The third-order valence-electron chi connectivity index (χ3n) is 4.65. The van der Waals surface area contributed by atoms with E-state index < -0.39 is 0 Å². The van der Waals surface area contributed by atoms with Gasteiger partial charge in [-0.2, -0.15) is 0 Å². The van der Waals surface area contributed by atoms with E-state index in [1.165, 1.54) is 11.3 Å². The summed E-state index contributed by atoms with van der Waals surface area (Å²) in [6, 6.07) is 21.6. The maximum atomic E-state index is 12.7. The van der Waals surface area contributed by atoms with Gasteiger partial charge in [0.25, 0.3) is 0 Å². The van der Waals surface area contributed by atoms with Crippen molar-refractivity contribution in [3.8, 4) is 11.3 Å². The van der Waals surface area contributed by atoms with Crippen LogP contribution in [0.15, 0.2) is 79.1 Å². The van der Waals surface area contributed by atoms with E-state index in [1.807, 2.05) is 66.7 Å². The van der Waals surface area contributed by atoms with Crippen molar-refractivity contribution >= 4 is 43.5 Å². The smallest absolute Gasteiger partial charge is 0.230 e. The topological polar surface area (TPSA) is 67.8 Å². The number of hydrogen-bond acceptors (Lipinski definition) is 5. The van der Waals surface area contributed by atoms with Crippen molar-refractivity contribution in [1.82, 2.24) is 15.0 Å². The van der Waals surface area contributed by atoms with Crippen molar-refractivity contribution in [3.05, 3.63) is 84.7 Å². The van der Waals surface area contributed by atoms with Crippen molar-refractivity contribution in [2.45, 2.75) is 6.42 Å². The summed E-state index contributed by atoms with van der Waals surface area (Å²) in [5.41, 5.74) is 4.38. The number of carbonyl (C=O) groups excluding carboxylic acids is 1. The normalized spacial score (nSPS) is 11.0. The Hall–Kier alpha value is -3.64. The van der Waals surface area contributed by atoms with Crippen LogP contribution in [0.25, 0.3) is 32.4 Å². The first-order chi connectivity index (χ1) is 14.3. The minimum Gasteiger partial charge on any atom is -0.302 e. The van der Waals surface area contributed by atoms with Gasteiger partial charge < -0.3 is 5.32 Å². The summed E-state index contributed by atoms with van der Waals surface area (Å²) < 4.78 is 1.05. The quantitative estimate of drug-likeness (QED) is 0.460. The Morgan fingerprint density at radius 2 is 1.86 bits per heavy atom. The van der Waals surface area contributed by atoms with E-state index in [-0.39, 0.29) is 12.3 Å². The Balaban J connectivity index is 1.43. The largest absolute Gasteiger partial charge is 0.302 e. The number of hydrogen-bond donors (Lipinski definition) is 1. The summed E-state index contributed by atoms with van der Waals surface area (Å²) >= 11 is 1.47. The van der Waals surface area contributed by atoms with Crippen LogP contribution in [0.5, 0.6) is 0 Å². The Kier molecular flexibility index (Phi) is 4.46. The first-order valence-electron chi connectivity index (χ1n) is 9.21. The SMILES string of the molecule is O=C(Cc1cccc2ccc(-c3cccnc3)nc12)Nc1nc2ccccc2s1. The second-order valence-corrected chi connectivity index (χ2v) is 7.67. The third-order valence-corrected chi connectivity index (χ3v) is 5.60. The number of nitrogens with one attached hydrogen (secondary N) is 1. The lowest BCUT2D eigenvalue weighted by molar-refractivity contribution is -0.115. The fraction of sp³-hybridized carbons (Fsp3) is 0.0435. The van der Waals surface area contributed by atoms with Crippen LogP contribution in [-0.4, -0.2) is 20.9 Å². The molecule has 29 heavy (non-hydrogen) atoms. The van der Waals surface area contributed by atoms with Crippen LogP contribution in [0, 0.1) is 0 Å². The maximum Gasteiger partial charge on any atom is 0.230 e. The zero-order chi connectivity index (χ0) is 19.6. The molecule has 5 rings (SSSR count). The number of thiazole rings is 1. The standard InChI is InChI=1S/C23H16N4OS/c28-21(27-23-26-19-8-1-2-9-20(19)29-23)13-16-6-3-5-15-10-11-18(25-22(15)16)17-7-4-12-24-14-17/h1-12,14H,13H2,(H,26,27,28). The summed E-state index contributed by atoms with van der Waals surface area (Å²) in [6.07, 6.45) is 3.76. The maximum absolute atomic E-state index is 12.7. The monoisotopic (exact) mass is 396 g/mol. The lowest BCUT2D eigenvalue weighted by atomic mass is 10.0. The molecule has 3 heterocycles. The van der Waals surface area contributed by atoms with Gasteiger partial charge in [0.2, 0.25) is 5.91 Å². The van der Waals surface area contributed by atoms with Gasteiger partial charge in [-0.1, -0.05) is 47.7 Å². The minimum absolute atomic E-state index is 0.106. The van der Waals surface area contributed by atoms with Gasteiger partial charge >= 0.3 is 0 Å². The number of aromatic nitrogens is 3. The van der Waals surface area contributed by atoms with Gasteiger partial charge in [0.1, 0.15) is 0 Å². The fourth-order valence-electron chi connectivity index (χ4n) is 3.29. The van der Waals surface area contributed by atoms with Crippen molar-refractivity contribution in [2.75, 3.05) is 5.32 Å². The van der Waals surface area contributed by atoms with Gasteiger partial charge in [0.05, 0.1) is 27.8 Å². The number of anilines is 1. The molecule has 0 saturated heterocycles. The van der Waals surface area contributed by atoms with E-state index >= 15 is 0 Å². The van der Waals surface area contributed by atoms with Crippen LogP contribution in [0.4, 0.5) is 5.13 Å². The molecule has 1 N–H and O–H groups in total. The number of para-hydroxylation sites is 2. The van der Waals surface area contributed by atoms with E-state index in [2.05, 4.69) is 15.3 Å². The Morgan fingerprint density at radius 3 is 2.72 bits per heavy atom. The number of amides is 1. The van der Waals surface area contributed by atoms with E-state index in [9.17, 15) is 4.79 Å². The second-order valence-electron chi connectivity index (χ2n) is 6.64. The highest BCUT2D eigenvalue weighted by Gasteiger charge is 2.12. The van der Waals surface area contributed by atoms with Gasteiger partial charge in [-0.05, 0) is 35.9 Å². The number of carbonyl (C=O) groups is 1. The lowest BCUT2D eigenvalue weighted by Crippen LogP contribution is -2.14. The molecule has 0 saturated carbocycles. The molecule has 2 aromatic carbocycles. The molecule has 0 atom stereocenters. The molecule has 0 fully saturated rings. The molecule has 0 radical (unpaired) electrons. The first-order valence-corrected chi connectivity index (χ1v) is 10.0. The zero-order valence-electron chi connectivity index (χ0n) is 15.4. The summed E-state index contributed by atoms with van der Waals surface area (Å²) in [4.78, 5) is 26.1. The number of rotatable bonds is 4. The molecule has 0 aliphatic rings. The van der Waals surface area contributed by atoms with E-state index in [0.717, 1.165) is 37.9 Å². The van der Waals surface area contributed by atoms with Crippen LogP contribution >= 0.6 is 11.3 Å². The average Bonchev–Trinajstić information content (AvgIpc) is 3.16. The predicted molar refractivity (Wildman–Crippen MR) is 117 cm³/mol. The highest BCUT2D eigenvalue weighted by molar-refractivity contribution is 7.22. The third kappa shape index (κ3) is 3.58. The van der Waals surface area contributed by atoms with Crippen molar-refractivity contribution in [3.63, 3.8) is 0 Å². The van der Waals surface area contributed by atoms with Gasteiger partial charge in [-0.25, -0.2) is 9.97 Å². The van der Waals surface area contributed by atoms with Crippen molar-refractivity contribution < 1.29 is 4.79 Å². The number of pyridine rings is 2. The van der Waals surface area contributed by atoms with Crippen LogP contribution in [0.3, 0.4) is 0 Å². The number of benzene rings is 2. The van der Waals surface area contributed by atoms with Crippen LogP contribution < -0.4 is 5.32 Å². The van der Waals surface area contributed by atoms with E-state index in [4.69, 9.17) is 4.98 Å². The molecule has 6 heteroatoms. The first kappa shape index (κ1) is 17.5. The number of fused-ring (bicyclic) bond motifs is 2. The summed E-state index contributed by atoms with van der Waals surface area (Å²) in [6.45, 7) is 0. The molecule has 140 valence electrons. The molecule has 5 nitrogen and oxygen atoms in total. The molecule has 0 bridgehead atoms. The van der Waals surface area contributed by atoms with Gasteiger partial charge in [-0.15, -0.1) is 0 Å². The summed E-state index contributed by atoms with van der Waals surface area (Å²) in [5.74, 6) is -0.106. The molecule has 0 aliphatic heterocycles. The van der Waals surface area contributed by atoms with E-state index in [1.54, 1.807) is 12.4 Å². The van der Waals surface area contributed by atoms with Crippen LogP contribution in [0.1, 0.15) is 5.56 Å². The Morgan fingerprint density at radius 1 is 0.931 bits per heavy atom. The minimum atomic E-state index is -0.106. The predicted octanol–water partition coefficient (Wildman–Crippen LogP) is 5.09. The highest BCUT2D eigenvalue weighted by Crippen LogP contribution is 2.26. The molecule has 3 aromatic heterocycles. The van der Waals surface area contributed by atoms with Crippen molar-refractivity contribution in [2.24, 2.45) is 0 Å². The Bertz CT molecular complexity index is 1300. The fourth-order valence-corrected chi connectivity index (χ4v) is 4.17. The molecule has 0 unspecified atom stereocenters. The number of nitrogens with zero attached hydrogens (tertiary/aromatic N) is 3. The lowest BCUT2D eigenvalue weighted by Gasteiger charge is -2.08. The second kappa shape index (κ2) is 7.41. The average molecular weight is 396 g/mol. The summed E-state index contributed by atoms with van der Waals surface area (Å²) in [5, 5.41) is 4.54. The highest BCUT2D eigenvalue weighted by atomic mass is 32.1. The molecular weight excluding hydrogens is 380 g/mol. The summed E-state index contributed by atoms with van der Waals surface area (Å²) in [7, 11) is 0.